The average Bonchev–Trinajstić information content (AvgIpc) is 2.93. The van der Waals surface area contributed by atoms with Crippen molar-refractivity contribution in [2.75, 3.05) is 5.32 Å². The summed E-state index contributed by atoms with van der Waals surface area (Å²) in [6, 6.07) is 1.69. The van der Waals surface area contributed by atoms with Gasteiger partial charge in [0.1, 0.15) is 5.69 Å². The number of nitrogens with zero attached hydrogens (tertiary/aromatic N) is 4. The van der Waals surface area contributed by atoms with Gasteiger partial charge in [0.2, 0.25) is 5.82 Å². The van der Waals surface area contributed by atoms with E-state index in [4.69, 9.17) is 4.52 Å². The lowest BCUT2D eigenvalue weighted by atomic mass is 10.3. The Morgan fingerprint density at radius 2 is 2.39 bits per heavy atom. The summed E-state index contributed by atoms with van der Waals surface area (Å²) in [6.07, 6.45) is 2.03. The van der Waals surface area contributed by atoms with Crippen molar-refractivity contribution < 1.29 is 9.45 Å². The molecule has 18 heavy (non-hydrogen) atoms. The Hall–Kier alpha value is -2.38. The Balaban J connectivity index is 2.26. The van der Waals surface area contributed by atoms with Crippen LogP contribution < -0.4 is 5.32 Å². The van der Waals surface area contributed by atoms with E-state index in [1.54, 1.807) is 13.1 Å². The molecule has 0 spiro atoms. The van der Waals surface area contributed by atoms with Crippen LogP contribution in [-0.4, -0.2) is 19.9 Å². The van der Waals surface area contributed by atoms with Crippen LogP contribution in [0.1, 0.15) is 18.4 Å². The number of aromatic nitrogens is 3. The topological polar surface area (TPSA) is 99.0 Å². The third-order valence-corrected chi connectivity index (χ3v) is 2.53. The molecular weight excluding hydrogens is 238 g/mol. The van der Waals surface area contributed by atoms with Crippen molar-refractivity contribution in [3.8, 4) is 0 Å². The fraction of sp³-hybridized carbons (Fsp3) is 0.400. The first-order valence-electron chi connectivity index (χ1n) is 5.47. The van der Waals surface area contributed by atoms with Gasteiger partial charge in [0.25, 0.3) is 0 Å². The third kappa shape index (κ3) is 2.17. The van der Waals surface area contributed by atoms with Gasteiger partial charge in [0.15, 0.2) is 5.76 Å². The van der Waals surface area contributed by atoms with Gasteiger partial charge in [-0.15, -0.1) is 0 Å². The Labute approximate surface area is 103 Å². The van der Waals surface area contributed by atoms with E-state index in [1.165, 1.54) is 10.9 Å². The normalized spacial score (nSPS) is 10.6. The molecule has 96 valence electrons. The van der Waals surface area contributed by atoms with E-state index in [0.29, 0.717) is 30.2 Å². The standard InChI is InChI=1S/C10H13N5O3/c1-3-8-9(15(16)17)10(14(2)13-8)11-6-7-4-5-12-18-7/h4-5,11H,3,6H2,1-2H3. The Kier molecular flexibility index (Phi) is 3.26. The molecule has 0 amide bonds. The number of nitro groups is 1. The highest BCUT2D eigenvalue weighted by Gasteiger charge is 2.25. The molecule has 0 aliphatic heterocycles. The zero-order valence-electron chi connectivity index (χ0n) is 10.1. The predicted octanol–water partition coefficient (Wildman–Crippen LogP) is 1.49. The second-order valence-electron chi connectivity index (χ2n) is 3.71. The minimum absolute atomic E-state index is 0.0134. The molecule has 0 aromatic carbocycles. The monoisotopic (exact) mass is 251 g/mol. The van der Waals surface area contributed by atoms with Gasteiger partial charge in [0.05, 0.1) is 17.7 Å². The number of hydrogen-bond donors (Lipinski definition) is 1. The molecule has 2 aromatic heterocycles. The van der Waals surface area contributed by atoms with Crippen molar-refractivity contribution in [1.29, 1.82) is 0 Å². The minimum atomic E-state index is -0.422. The second kappa shape index (κ2) is 4.86. The zero-order chi connectivity index (χ0) is 13.1. The van der Waals surface area contributed by atoms with Crippen LogP contribution in [0.5, 0.6) is 0 Å². The lowest BCUT2D eigenvalue weighted by Crippen LogP contribution is -2.05. The first-order valence-corrected chi connectivity index (χ1v) is 5.47. The highest BCUT2D eigenvalue weighted by atomic mass is 16.6. The molecule has 0 aliphatic carbocycles. The minimum Gasteiger partial charge on any atom is -0.360 e. The van der Waals surface area contributed by atoms with E-state index in [9.17, 15) is 10.1 Å². The van der Waals surface area contributed by atoms with E-state index in [0.717, 1.165) is 0 Å². The quantitative estimate of drug-likeness (QED) is 0.638. The van der Waals surface area contributed by atoms with Crippen molar-refractivity contribution >= 4 is 11.5 Å². The zero-order valence-corrected chi connectivity index (χ0v) is 10.1. The van der Waals surface area contributed by atoms with Crippen LogP contribution in [0.2, 0.25) is 0 Å². The van der Waals surface area contributed by atoms with Crippen LogP contribution in [0.3, 0.4) is 0 Å². The predicted molar refractivity (Wildman–Crippen MR) is 63.1 cm³/mol. The van der Waals surface area contributed by atoms with Crippen molar-refractivity contribution in [2.24, 2.45) is 7.05 Å². The van der Waals surface area contributed by atoms with Crippen LogP contribution in [0.4, 0.5) is 11.5 Å². The molecule has 0 atom stereocenters. The maximum atomic E-state index is 11.1. The van der Waals surface area contributed by atoms with Gasteiger partial charge < -0.3 is 9.84 Å². The van der Waals surface area contributed by atoms with E-state index in [-0.39, 0.29) is 5.69 Å². The second-order valence-corrected chi connectivity index (χ2v) is 3.71. The molecule has 0 saturated carbocycles. The van der Waals surface area contributed by atoms with Crippen molar-refractivity contribution in [2.45, 2.75) is 19.9 Å². The van der Waals surface area contributed by atoms with Gasteiger partial charge in [-0.2, -0.15) is 5.10 Å². The lowest BCUT2D eigenvalue weighted by Gasteiger charge is -2.03. The molecule has 1 N–H and O–H groups in total. The highest BCUT2D eigenvalue weighted by Crippen LogP contribution is 2.28. The van der Waals surface area contributed by atoms with E-state index in [2.05, 4.69) is 15.6 Å². The summed E-state index contributed by atoms with van der Waals surface area (Å²) in [5.74, 6) is 0.969. The third-order valence-electron chi connectivity index (χ3n) is 2.53. The summed E-state index contributed by atoms with van der Waals surface area (Å²) in [5, 5.41) is 21.7. The Morgan fingerprint density at radius 3 is 2.94 bits per heavy atom. The van der Waals surface area contributed by atoms with Gasteiger partial charge >= 0.3 is 5.69 Å². The fourth-order valence-corrected chi connectivity index (χ4v) is 1.70. The summed E-state index contributed by atoms with van der Waals surface area (Å²) in [6.45, 7) is 2.15. The number of aryl methyl sites for hydroxylation is 2. The Morgan fingerprint density at radius 1 is 1.61 bits per heavy atom. The van der Waals surface area contributed by atoms with Crippen LogP contribution in [0, 0.1) is 10.1 Å². The SMILES string of the molecule is CCc1nn(C)c(NCc2ccno2)c1[N+](=O)[O-]. The number of anilines is 1. The van der Waals surface area contributed by atoms with E-state index >= 15 is 0 Å². The van der Waals surface area contributed by atoms with Crippen molar-refractivity contribution in [1.82, 2.24) is 14.9 Å². The molecule has 2 aromatic rings. The first kappa shape index (κ1) is 12.1. The molecule has 2 rings (SSSR count). The first-order chi connectivity index (χ1) is 8.63. The molecule has 2 heterocycles. The van der Waals surface area contributed by atoms with Gasteiger partial charge in [-0.25, -0.2) is 4.68 Å². The summed E-state index contributed by atoms with van der Waals surface area (Å²) < 4.78 is 6.38. The molecule has 0 fully saturated rings. The maximum Gasteiger partial charge on any atom is 0.333 e. The number of rotatable bonds is 5. The largest absolute Gasteiger partial charge is 0.360 e. The smallest absolute Gasteiger partial charge is 0.333 e. The average molecular weight is 251 g/mol. The summed E-state index contributed by atoms with van der Waals surface area (Å²) >= 11 is 0. The van der Waals surface area contributed by atoms with Gasteiger partial charge in [-0.1, -0.05) is 12.1 Å². The molecule has 0 bridgehead atoms. The van der Waals surface area contributed by atoms with Crippen LogP contribution in [0.15, 0.2) is 16.8 Å². The summed E-state index contributed by atoms with van der Waals surface area (Å²) in [5.41, 5.74) is 0.474. The van der Waals surface area contributed by atoms with Crippen LogP contribution in [-0.2, 0) is 20.0 Å². The maximum absolute atomic E-state index is 11.1. The lowest BCUT2D eigenvalue weighted by molar-refractivity contribution is -0.384. The van der Waals surface area contributed by atoms with Gasteiger partial charge in [-0.05, 0) is 6.42 Å². The van der Waals surface area contributed by atoms with E-state index < -0.39 is 4.92 Å². The van der Waals surface area contributed by atoms with E-state index in [1.807, 2.05) is 6.92 Å². The molecular formula is C10H13N5O3. The molecule has 8 nitrogen and oxygen atoms in total. The highest BCUT2D eigenvalue weighted by molar-refractivity contribution is 5.59. The van der Waals surface area contributed by atoms with Crippen molar-refractivity contribution in [3.05, 3.63) is 33.8 Å². The molecule has 8 heteroatoms. The Bertz CT molecular complexity index is 546. The van der Waals surface area contributed by atoms with Gasteiger partial charge in [-0.3, -0.25) is 10.1 Å². The molecule has 0 saturated heterocycles. The van der Waals surface area contributed by atoms with Crippen molar-refractivity contribution in [3.63, 3.8) is 0 Å². The molecule has 0 unspecified atom stereocenters. The fourth-order valence-electron chi connectivity index (χ4n) is 1.70. The van der Waals surface area contributed by atoms with Crippen LogP contribution >= 0.6 is 0 Å². The summed E-state index contributed by atoms with van der Waals surface area (Å²) in [7, 11) is 1.66. The summed E-state index contributed by atoms with van der Waals surface area (Å²) in [4.78, 5) is 10.6. The molecule has 0 aliphatic rings. The molecule has 0 radical (unpaired) electrons. The number of nitrogens with one attached hydrogen (secondary N) is 1. The van der Waals surface area contributed by atoms with Crippen LogP contribution in [0.25, 0.3) is 0 Å². The van der Waals surface area contributed by atoms with Gasteiger partial charge in [0, 0.05) is 13.1 Å². The number of hydrogen-bond acceptors (Lipinski definition) is 6.